The number of nitrogens with zero attached hydrogens (tertiary/aromatic N) is 2. The average molecular weight is 236 g/mol. The highest BCUT2D eigenvalue weighted by molar-refractivity contribution is 5.65. The van der Waals surface area contributed by atoms with E-state index in [4.69, 9.17) is 9.47 Å². The summed E-state index contributed by atoms with van der Waals surface area (Å²) in [5.74, 6) is 0.0255. The Balaban J connectivity index is 2.61. The van der Waals surface area contributed by atoms with Gasteiger partial charge in [0.05, 0.1) is 32.4 Å². The lowest BCUT2D eigenvalue weighted by molar-refractivity contribution is 0.338. The molecule has 1 heterocycles. The Labute approximate surface area is 98.6 Å². The molecule has 0 radical (unpaired) electrons. The largest absolute Gasteiger partial charge is 0.493 e. The molecule has 2 rings (SSSR count). The number of rotatable bonds is 3. The Morgan fingerprint density at radius 3 is 2.53 bits per heavy atom. The number of imidazole rings is 1. The summed E-state index contributed by atoms with van der Waals surface area (Å²) >= 11 is 0. The van der Waals surface area contributed by atoms with Crippen molar-refractivity contribution < 1.29 is 13.9 Å². The molecule has 1 aromatic heterocycles. The topological polar surface area (TPSA) is 36.3 Å². The first-order valence-electron chi connectivity index (χ1n) is 5.06. The van der Waals surface area contributed by atoms with Crippen LogP contribution in [0.5, 0.6) is 11.5 Å². The zero-order valence-electron chi connectivity index (χ0n) is 9.90. The number of hydrogen-bond acceptors (Lipinski definition) is 3. The second-order valence-electron chi connectivity index (χ2n) is 3.55. The van der Waals surface area contributed by atoms with Crippen LogP contribution in [0.25, 0.3) is 11.3 Å². The second kappa shape index (κ2) is 4.45. The van der Waals surface area contributed by atoms with Crippen molar-refractivity contribution in [2.45, 2.75) is 0 Å². The van der Waals surface area contributed by atoms with Gasteiger partial charge in [-0.15, -0.1) is 0 Å². The molecule has 0 unspecified atom stereocenters. The SMILES string of the molecule is COc1ccc(-c2cncn2C)c(F)c1OC. The van der Waals surface area contributed by atoms with Gasteiger partial charge in [-0.2, -0.15) is 0 Å². The number of aromatic nitrogens is 2. The second-order valence-corrected chi connectivity index (χ2v) is 3.55. The lowest BCUT2D eigenvalue weighted by Gasteiger charge is -2.11. The third-order valence-electron chi connectivity index (χ3n) is 2.58. The van der Waals surface area contributed by atoms with Crippen molar-refractivity contribution in [3.05, 3.63) is 30.5 Å². The molecule has 0 bridgehead atoms. The third-order valence-corrected chi connectivity index (χ3v) is 2.58. The summed E-state index contributed by atoms with van der Waals surface area (Å²) < 4.78 is 26.0. The summed E-state index contributed by atoms with van der Waals surface area (Å²) in [4.78, 5) is 3.96. The van der Waals surface area contributed by atoms with E-state index in [1.165, 1.54) is 14.2 Å². The molecule has 4 nitrogen and oxygen atoms in total. The van der Waals surface area contributed by atoms with Gasteiger partial charge in [-0.25, -0.2) is 9.37 Å². The Morgan fingerprint density at radius 1 is 1.24 bits per heavy atom. The van der Waals surface area contributed by atoms with Crippen molar-refractivity contribution in [3.63, 3.8) is 0 Å². The van der Waals surface area contributed by atoms with Crippen molar-refractivity contribution in [1.29, 1.82) is 0 Å². The minimum atomic E-state index is -0.449. The van der Waals surface area contributed by atoms with Gasteiger partial charge in [0.15, 0.2) is 17.3 Å². The highest BCUT2D eigenvalue weighted by atomic mass is 19.1. The van der Waals surface area contributed by atoms with E-state index in [1.54, 1.807) is 36.3 Å². The van der Waals surface area contributed by atoms with Gasteiger partial charge >= 0.3 is 0 Å². The first-order chi connectivity index (χ1) is 8.19. The van der Waals surface area contributed by atoms with E-state index in [0.717, 1.165) is 0 Å². The minimum absolute atomic E-state index is 0.103. The van der Waals surface area contributed by atoms with Gasteiger partial charge in [-0.3, -0.25) is 0 Å². The molecule has 1 aromatic carbocycles. The van der Waals surface area contributed by atoms with Crippen LogP contribution in [-0.2, 0) is 7.05 Å². The Bertz CT molecular complexity index is 537. The van der Waals surface area contributed by atoms with E-state index >= 15 is 0 Å². The molecule has 0 atom stereocenters. The summed E-state index contributed by atoms with van der Waals surface area (Å²) in [5.41, 5.74) is 1.12. The van der Waals surface area contributed by atoms with Crippen molar-refractivity contribution in [2.24, 2.45) is 7.05 Å². The van der Waals surface area contributed by atoms with Gasteiger partial charge in [0.1, 0.15) is 0 Å². The molecule has 2 aromatic rings. The molecular weight excluding hydrogens is 223 g/mol. The molecule has 0 aliphatic carbocycles. The summed E-state index contributed by atoms with van der Waals surface area (Å²) in [5, 5.41) is 0. The summed E-state index contributed by atoms with van der Waals surface area (Å²) in [6, 6.07) is 3.32. The number of hydrogen-bond donors (Lipinski definition) is 0. The minimum Gasteiger partial charge on any atom is -0.493 e. The van der Waals surface area contributed by atoms with Crippen LogP contribution >= 0.6 is 0 Å². The molecule has 5 heteroatoms. The first kappa shape index (κ1) is 11.4. The van der Waals surface area contributed by atoms with Crippen LogP contribution in [0, 0.1) is 5.82 Å². The van der Waals surface area contributed by atoms with Crippen molar-refractivity contribution in [3.8, 4) is 22.8 Å². The molecule has 0 aliphatic rings. The molecule has 0 amide bonds. The fourth-order valence-corrected chi connectivity index (χ4v) is 1.70. The van der Waals surface area contributed by atoms with Crippen LogP contribution in [0.3, 0.4) is 0 Å². The van der Waals surface area contributed by atoms with Crippen LogP contribution in [0.15, 0.2) is 24.7 Å². The van der Waals surface area contributed by atoms with E-state index in [-0.39, 0.29) is 5.75 Å². The summed E-state index contributed by atoms with van der Waals surface area (Å²) in [6.45, 7) is 0. The predicted molar refractivity (Wildman–Crippen MR) is 61.7 cm³/mol. The molecule has 0 saturated heterocycles. The zero-order valence-corrected chi connectivity index (χ0v) is 9.90. The van der Waals surface area contributed by atoms with Crippen LogP contribution < -0.4 is 9.47 Å². The highest BCUT2D eigenvalue weighted by Gasteiger charge is 2.17. The molecule has 0 saturated carbocycles. The van der Waals surface area contributed by atoms with Crippen LogP contribution in [0.2, 0.25) is 0 Å². The monoisotopic (exact) mass is 236 g/mol. The van der Waals surface area contributed by atoms with E-state index < -0.39 is 5.82 Å². The van der Waals surface area contributed by atoms with E-state index in [9.17, 15) is 4.39 Å². The standard InChI is InChI=1S/C12H13FN2O2/c1-15-7-14-6-9(15)8-4-5-10(16-2)12(17-3)11(8)13/h4-7H,1-3H3. The molecule has 90 valence electrons. The van der Waals surface area contributed by atoms with E-state index in [1.807, 2.05) is 0 Å². The Hall–Kier alpha value is -2.04. The smallest absolute Gasteiger partial charge is 0.197 e. The molecular formula is C12H13FN2O2. The van der Waals surface area contributed by atoms with Crippen molar-refractivity contribution in [2.75, 3.05) is 14.2 Å². The summed E-state index contributed by atoms with van der Waals surface area (Å²) in [6.07, 6.45) is 3.22. The zero-order chi connectivity index (χ0) is 12.4. The highest BCUT2D eigenvalue weighted by Crippen LogP contribution is 2.36. The number of halogens is 1. The maximum atomic E-state index is 14.2. The van der Waals surface area contributed by atoms with Crippen LogP contribution in [0.4, 0.5) is 4.39 Å². The number of methoxy groups -OCH3 is 2. The van der Waals surface area contributed by atoms with E-state index in [2.05, 4.69) is 4.98 Å². The molecule has 0 spiro atoms. The molecule has 0 N–H and O–H groups in total. The average Bonchev–Trinajstić information content (AvgIpc) is 2.75. The Kier molecular flexibility index (Phi) is 2.99. The maximum absolute atomic E-state index is 14.2. The molecule has 17 heavy (non-hydrogen) atoms. The fraction of sp³-hybridized carbons (Fsp3) is 0.250. The molecule has 0 aliphatic heterocycles. The maximum Gasteiger partial charge on any atom is 0.197 e. The fourth-order valence-electron chi connectivity index (χ4n) is 1.70. The van der Waals surface area contributed by atoms with Gasteiger partial charge < -0.3 is 14.0 Å². The van der Waals surface area contributed by atoms with Gasteiger partial charge in [0, 0.05) is 12.6 Å². The lowest BCUT2D eigenvalue weighted by Crippen LogP contribution is -1.98. The first-order valence-corrected chi connectivity index (χ1v) is 5.06. The number of aryl methyl sites for hydroxylation is 1. The lowest BCUT2D eigenvalue weighted by atomic mass is 10.1. The number of ether oxygens (including phenoxy) is 2. The van der Waals surface area contributed by atoms with Gasteiger partial charge in [-0.1, -0.05) is 0 Å². The third kappa shape index (κ3) is 1.84. The molecule has 0 fully saturated rings. The number of benzene rings is 1. The normalized spacial score (nSPS) is 10.4. The Morgan fingerprint density at radius 2 is 2.00 bits per heavy atom. The van der Waals surface area contributed by atoms with Crippen molar-refractivity contribution in [1.82, 2.24) is 9.55 Å². The van der Waals surface area contributed by atoms with Gasteiger partial charge in [-0.05, 0) is 12.1 Å². The summed E-state index contributed by atoms with van der Waals surface area (Å²) in [7, 11) is 4.69. The van der Waals surface area contributed by atoms with Crippen LogP contribution in [0.1, 0.15) is 0 Å². The van der Waals surface area contributed by atoms with Gasteiger partial charge in [0.2, 0.25) is 0 Å². The van der Waals surface area contributed by atoms with Crippen LogP contribution in [-0.4, -0.2) is 23.8 Å². The quantitative estimate of drug-likeness (QED) is 0.820. The predicted octanol–water partition coefficient (Wildman–Crippen LogP) is 2.24. The van der Waals surface area contributed by atoms with Crippen molar-refractivity contribution >= 4 is 0 Å². The van der Waals surface area contributed by atoms with E-state index in [0.29, 0.717) is 17.0 Å². The van der Waals surface area contributed by atoms with Gasteiger partial charge in [0.25, 0.3) is 0 Å².